The first-order valence-electron chi connectivity index (χ1n) is 4.68. The van der Waals surface area contributed by atoms with Crippen LogP contribution in [-0.2, 0) is 8.85 Å². The highest BCUT2D eigenvalue weighted by Gasteiger charge is 2.39. The van der Waals surface area contributed by atoms with Gasteiger partial charge in [-0.2, -0.15) is 5.26 Å². The van der Waals surface area contributed by atoms with Crippen molar-refractivity contribution >= 4 is 9.28 Å². The van der Waals surface area contributed by atoms with Gasteiger partial charge >= 0.3 is 9.28 Å². The maximum Gasteiger partial charge on any atom is 0.406 e. The van der Waals surface area contributed by atoms with Crippen LogP contribution in [0.15, 0.2) is 0 Å². The summed E-state index contributed by atoms with van der Waals surface area (Å²) < 4.78 is 11.0. The fraction of sp³-hybridized carbons (Fsp3) is 0.889. The normalized spacial score (nSPS) is 15.4. The molecular formula is C9H18NO2Si. The van der Waals surface area contributed by atoms with Crippen molar-refractivity contribution in [3.05, 3.63) is 0 Å². The summed E-state index contributed by atoms with van der Waals surface area (Å²) in [4.78, 5) is 0. The summed E-state index contributed by atoms with van der Waals surface area (Å²) in [6.45, 7) is 8.99. The fourth-order valence-corrected chi connectivity index (χ4v) is 2.52. The van der Waals surface area contributed by atoms with Gasteiger partial charge in [0.2, 0.25) is 0 Å². The molecule has 0 bridgehead atoms. The molecule has 13 heavy (non-hydrogen) atoms. The molecule has 1 atom stereocenters. The van der Waals surface area contributed by atoms with Crippen molar-refractivity contribution in [3.63, 3.8) is 0 Å². The van der Waals surface area contributed by atoms with Crippen LogP contribution < -0.4 is 0 Å². The molecule has 0 spiro atoms. The Morgan fingerprint density at radius 2 is 1.69 bits per heavy atom. The van der Waals surface area contributed by atoms with Crippen LogP contribution in [0.25, 0.3) is 0 Å². The van der Waals surface area contributed by atoms with Crippen molar-refractivity contribution < 1.29 is 8.85 Å². The average molecular weight is 200 g/mol. The van der Waals surface area contributed by atoms with Crippen LogP contribution >= 0.6 is 0 Å². The van der Waals surface area contributed by atoms with Crippen LogP contribution in [0.4, 0.5) is 0 Å². The first-order chi connectivity index (χ1) is 6.14. The second kappa shape index (κ2) is 6.14. The van der Waals surface area contributed by atoms with E-state index >= 15 is 0 Å². The molecule has 0 fully saturated rings. The van der Waals surface area contributed by atoms with Crippen molar-refractivity contribution in [1.29, 1.82) is 5.26 Å². The van der Waals surface area contributed by atoms with E-state index in [1.807, 2.05) is 27.7 Å². The van der Waals surface area contributed by atoms with Gasteiger partial charge in [-0.15, -0.1) is 0 Å². The molecule has 75 valence electrons. The van der Waals surface area contributed by atoms with Crippen LogP contribution in [-0.4, -0.2) is 22.5 Å². The van der Waals surface area contributed by atoms with Gasteiger partial charge in [-0.3, -0.25) is 0 Å². The zero-order chi connectivity index (χ0) is 10.3. The first-order valence-corrected chi connectivity index (χ1v) is 6.00. The van der Waals surface area contributed by atoms with E-state index in [0.29, 0.717) is 13.2 Å². The van der Waals surface area contributed by atoms with E-state index in [1.165, 1.54) is 0 Å². The minimum Gasteiger partial charge on any atom is -0.393 e. The highest BCUT2D eigenvalue weighted by atomic mass is 28.3. The number of hydrogen-bond donors (Lipinski definition) is 0. The SMILES string of the molecule is CCO[Si](OCC)C(C)(C#N)CC. The lowest BCUT2D eigenvalue weighted by Crippen LogP contribution is -2.35. The van der Waals surface area contributed by atoms with Crippen molar-refractivity contribution in [1.82, 2.24) is 0 Å². The molecule has 0 rings (SSSR count). The molecule has 0 aromatic rings. The van der Waals surface area contributed by atoms with E-state index in [-0.39, 0.29) is 0 Å². The number of rotatable bonds is 6. The van der Waals surface area contributed by atoms with E-state index < -0.39 is 14.3 Å². The molecule has 0 aliphatic heterocycles. The number of nitriles is 1. The summed E-state index contributed by atoms with van der Waals surface area (Å²) in [7, 11) is -1.45. The Morgan fingerprint density at radius 1 is 1.23 bits per heavy atom. The monoisotopic (exact) mass is 200 g/mol. The summed E-state index contributed by atoms with van der Waals surface area (Å²) in [6, 6.07) is 2.29. The minimum absolute atomic E-state index is 0.434. The van der Waals surface area contributed by atoms with Crippen molar-refractivity contribution in [2.24, 2.45) is 0 Å². The zero-order valence-corrected chi connectivity index (χ0v) is 9.89. The molecule has 4 heteroatoms. The zero-order valence-electron chi connectivity index (χ0n) is 8.89. The third kappa shape index (κ3) is 3.47. The summed E-state index contributed by atoms with van der Waals surface area (Å²) in [5, 5.41) is 8.59. The molecule has 0 saturated heterocycles. The molecule has 0 saturated carbocycles. The second-order valence-electron chi connectivity index (χ2n) is 2.95. The van der Waals surface area contributed by atoms with Gasteiger partial charge in [-0.05, 0) is 27.2 Å². The molecule has 0 aliphatic rings. The van der Waals surface area contributed by atoms with E-state index in [1.54, 1.807) is 0 Å². The van der Waals surface area contributed by atoms with Gasteiger partial charge in [0.05, 0.1) is 11.1 Å². The molecule has 3 nitrogen and oxygen atoms in total. The Hall–Kier alpha value is -0.373. The highest BCUT2D eigenvalue weighted by molar-refractivity contribution is 6.49. The van der Waals surface area contributed by atoms with Crippen LogP contribution in [0.3, 0.4) is 0 Å². The Morgan fingerprint density at radius 3 is 1.92 bits per heavy atom. The Labute approximate surface area is 82.5 Å². The van der Waals surface area contributed by atoms with Crippen molar-refractivity contribution in [3.8, 4) is 6.07 Å². The number of hydrogen-bond acceptors (Lipinski definition) is 3. The first kappa shape index (κ1) is 12.6. The molecule has 1 unspecified atom stereocenters. The van der Waals surface area contributed by atoms with Crippen LogP contribution in [0.2, 0.25) is 5.04 Å². The maximum atomic E-state index is 9.02. The largest absolute Gasteiger partial charge is 0.406 e. The highest BCUT2D eigenvalue weighted by Crippen LogP contribution is 2.33. The number of nitrogens with zero attached hydrogens (tertiary/aromatic N) is 1. The lowest BCUT2D eigenvalue weighted by Gasteiger charge is -2.25. The topological polar surface area (TPSA) is 42.2 Å². The van der Waals surface area contributed by atoms with Gasteiger partial charge in [0.1, 0.15) is 0 Å². The Balaban J connectivity index is 4.40. The van der Waals surface area contributed by atoms with Gasteiger partial charge < -0.3 is 8.85 Å². The van der Waals surface area contributed by atoms with Gasteiger partial charge in [-0.25, -0.2) is 0 Å². The molecule has 0 N–H and O–H groups in total. The average Bonchev–Trinajstić information content (AvgIpc) is 2.16. The fourth-order valence-electron chi connectivity index (χ4n) is 0.891. The Kier molecular flexibility index (Phi) is 5.96. The molecule has 1 radical (unpaired) electrons. The minimum atomic E-state index is -1.45. The Bertz CT molecular complexity index is 175. The van der Waals surface area contributed by atoms with Crippen LogP contribution in [0, 0.1) is 11.3 Å². The molecule has 0 amide bonds. The summed E-state index contributed by atoms with van der Waals surface area (Å²) in [5.74, 6) is 0. The third-order valence-electron chi connectivity index (χ3n) is 1.96. The molecule has 0 aromatic carbocycles. The predicted molar refractivity (Wildman–Crippen MR) is 53.3 cm³/mol. The van der Waals surface area contributed by atoms with Gasteiger partial charge in [0.25, 0.3) is 0 Å². The second-order valence-corrected chi connectivity index (χ2v) is 5.21. The maximum absolute atomic E-state index is 9.02. The standard InChI is InChI=1S/C9H18NO2Si/c1-5-9(4,8-10)13(11-6-2)12-7-3/h5-7H2,1-4H3. The molecular weight excluding hydrogens is 182 g/mol. The summed E-state index contributed by atoms with van der Waals surface area (Å²) >= 11 is 0. The lowest BCUT2D eigenvalue weighted by atomic mass is 10.1. The van der Waals surface area contributed by atoms with E-state index in [2.05, 4.69) is 6.07 Å². The quantitative estimate of drug-likeness (QED) is 0.617. The van der Waals surface area contributed by atoms with E-state index in [4.69, 9.17) is 14.1 Å². The third-order valence-corrected chi connectivity index (χ3v) is 4.42. The summed E-state index contributed by atoms with van der Waals surface area (Å²) in [6.07, 6.45) is 0.776. The molecule has 0 aliphatic carbocycles. The van der Waals surface area contributed by atoms with Crippen LogP contribution in [0.1, 0.15) is 34.1 Å². The molecule has 0 heterocycles. The van der Waals surface area contributed by atoms with E-state index in [9.17, 15) is 0 Å². The van der Waals surface area contributed by atoms with Crippen molar-refractivity contribution in [2.75, 3.05) is 13.2 Å². The van der Waals surface area contributed by atoms with Gasteiger partial charge in [-0.1, -0.05) is 6.92 Å². The van der Waals surface area contributed by atoms with Crippen LogP contribution in [0.5, 0.6) is 0 Å². The van der Waals surface area contributed by atoms with Gasteiger partial charge in [0.15, 0.2) is 0 Å². The van der Waals surface area contributed by atoms with Crippen molar-refractivity contribution in [2.45, 2.75) is 39.2 Å². The predicted octanol–water partition coefficient (Wildman–Crippen LogP) is 2.24. The molecule has 0 aromatic heterocycles. The summed E-state index contributed by atoms with van der Waals surface area (Å²) in [5.41, 5.74) is 0. The lowest BCUT2D eigenvalue weighted by molar-refractivity contribution is 0.195. The smallest absolute Gasteiger partial charge is 0.393 e. The van der Waals surface area contributed by atoms with Gasteiger partial charge in [0, 0.05) is 13.2 Å². The van der Waals surface area contributed by atoms with E-state index in [0.717, 1.165) is 6.42 Å².